The number of sulfonamides is 1. The summed E-state index contributed by atoms with van der Waals surface area (Å²) < 4.78 is 28.7. The third-order valence-corrected chi connectivity index (χ3v) is 5.17. The monoisotopic (exact) mass is 420 g/mol. The Hall–Kier alpha value is -1.13. The Bertz CT molecular complexity index is 710. The highest BCUT2D eigenvalue weighted by atomic mass is 127. The lowest BCUT2D eigenvalue weighted by Crippen LogP contribution is -2.19. The quantitative estimate of drug-likeness (QED) is 0.626. The number of nitrogens with zero attached hydrogens (tertiary/aromatic N) is 1. The maximum absolute atomic E-state index is 12.6. The van der Waals surface area contributed by atoms with Crippen molar-refractivity contribution in [3.63, 3.8) is 0 Å². The normalized spacial score (nSPS) is 11.6. The number of hydrogen-bond donors (Lipinski definition) is 3. The molecule has 21 heavy (non-hydrogen) atoms. The van der Waals surface area contributed by atoms with Crippen molar-refractivity contribution in [2.75, 3.05) is 11.3 Å². The lowest BCUT2D eigenvalue weighted by Gasteiger charge is -2.09. The summed E-state index contributed by atoms with van der Waals surface area (Å²) in [5, 5.41) is 9.89. The zero-order valence-corrected chi connectivity index (χ0v) is 14.7. The van der Waals surface area contributed by atoms with Crippen molar-refractivity contribution in [1.29, 1.82) is 0 Å². The van der Waals surface area contributed by atoms with E-state index in [-0.39, 0.29) is 4.90 Å². The molecule has 8 heteroatoms. The Morgan fingerprint density at radius 1 is 1.29 bits per heavy atom. The number of halogens is 1. The average molecular weight is 420 g/mol. The first-order chi connectivity index (χ1) is 9.94. The Kier molecular flexibility index (Phi) is 5.22. The number of benzene rings is 1. The summed E-state index contributed by atoms with van der Waals surface area (Å²) >= 11 is 2.17. The summed E-state index contributed by atoms with van der Waals surface area (Å²) in [7, 11) is -3.66. The van der Waals surface area contributed by atoms with Crippen LogP contribution >= 0.6 is 22.6 Å². The third kappa shape index (κ3) is 3.95. The minimum absolute atomic E-state index is 0.210. The van der Waals surface area contributed by atoms with Gasteiger partial charge in [0.05, 0.1) is 11.4 Å². The molecule has 1 aromatic carbocycles. The zero-order chi connectivity index (χ0) is 15.5. The molecule has 0 spiro atoms. The molecule has 0 saturated heterocycles. The maximum Gasteiger partial charge on any atom is 0.265 e. The van der Waals surface area contributed by atoms with Crippen molar-refractivity contribution in [2.24, 2.45) is 0 Å². The smallest absolute Gasteiger partial charge is 0.265 e. The highest BCUT2D eigenvalue weighted by Crippen LogP contribution is 2.22. The highest BCUT2D eigenvalue weighted by Gasteiger charge is 2.24. The van der Waals surface area contributed by atoms with Gasteiger partial charge in [-0.25, -0.2) is 8.42 Å². The molecule has 0 atom stereocenters. The molecule has 0 bridgehead atoms. The molecule has 0 fully saturated rings. The highest BCUT2D eigenvalue weighted by molar-refractivity contribution is 14.1. The van der Waals surface area contributed by atoms with Gasteiger partial charge in [0.25, 0.3) is 10.0 Å². The fraction of sp³-hybridized carbons (Fsp3) is 0.308. The lowest BCUT2D eigenvalue weighted by molar-refractivity contribution is 0.597. The molecule has 0 radical (unpaired) electrons. The van der Waals surface area contributed by atoms with E-state index in [0.29, 0.717) is 23.6 Å². The average Bonchev–Trinajstić information content (AvgIpc) is 2.81. The van der Waals surface area contributed by atoms with Crippen molar-refractivity contribution < 1.29 is 8.42 Å². The first kappa shape index (κ1) is 16.2. The van der Waals surface area contributed by atoms with Crippen LogP contribution < -0.4 is 10.0 Å². The zero-order valence-electron chi connectivity index (χ0n) is 11.8. The minimum atomic E-state index is -3.66. The predicted octanol–water partition coefficient (Wildman–Crippen LogP) is 2.23. The topological polar surface area (TPSA) is 86.9 Å². The maximum atomic E-state index is 12.6. The van der Waals surface area contributed by atoms with E-state index >= 15 is 0 Å². The summed E-state index contributed by atoms with van der Waals surface area (Å²) in [4.78, 5) is 0.210. The predicted molar refractivity (Wildman–Crippen MR) is 90.7 cm³/mol. The number of aromatic amines is 1. The van der Waals surface area contributed by atoms with Gasteiger partial charge in [0.1, 0.15) is 4.90 Å². The molecule has 0 aliphatic rings. The summed E-state index contributed by atoms with van der Waals surface area (Å²) in [5.41, 5.74) is 1.55. The summed E-state index contributed by atoms with van der Waals surface area (Å²) in [5.74, 6) is 0. The number of aryl methyl sites for hydroxylation is 1. The van der Waals surface area contributed by atoms with Gasteiger partial charge < -0.3 is 5.32 Å². The van der Waals surface area contributed by atoms with Crippen LogP contribution in [0.5, 0.6) is 0 Å². The fourth-order valence-corrected chi connectivity index (χ4v) is 3.70. The molecule has 1 aromatic heterocycles. The number of aromatic nitrogens is 2. The van der Waals surface area contributed by atoms with Crippen molar-refractivity contribution in [1.82, 2.24) is 15.5 Å². The minimum Gasteiger partial charge on any atom is -0.311 e. The lowest BCUT2D eigenvalue weighted by atomic mass is 10.3. The van der Waals surface area contributed by atoms with E-state index in [2.05, 4.69) is 42.8 Å². The van der Waals surface area contributed by atoms with Crippen LogP contribution in [0.4, 0.5) is 5.69 Å². The van der Waals surface area contributed by atoms with E-state index in [9.17, 15) is 8.42 Å². The second kappa shape index (κ2) is 6.75. The van der Waals surface area contributed by atoms with Crippen molar-refractivity contribution in [3.05, 3.63) is 39.2 Å². The molecule has 3 N–H and O–H groups in total. The Morgan fingerprint density at radius 2 is 1.95 bits per heavy atom. The molecule has 2 rings (SSSR count). The Balaban J connectivity index is 2.31. The van der Waals surface area contributed by atoms with Crippen LogP contribution in [0, 0.1) is 10.5 Å². The van der Waals surface area contributed by atoms with Gasteiger partial charge in [-0.15, -0.1) is 0 Å². The molecule has 0 unspecified atom stereocenters. The molecular formula is C13H17IN4O2S. The number of anilines is 1. The van der Waals surface area contributed by atoms with Crippen LogP contribution in [0.1, 0.15) is 18.3 Å². The molecule has 0 saturated carbocycles. The van der Waals surface area contributed by atoms with Crippen molar-refractivity contribution in [2.45, 2.75) is 25.3 Å². The summed E-state index contributed by atoms with van der Waals surface area (Å²) in [6.07, 6.45) is 0. The number of rotatable bonds is 6. The number of nitrogens with one attached hydrogen (secondary N) is 3. The molecule has 0 aliphatic heterocycles. The largest absolute Gasteiger partial charge is 0.311 e. The standard InChI is InChI=1S/C13H17IN4O2S/c1-3-15-8-12-13(9(2)16-17-12)21(19,20)18-11-6-4-10(14)5-7-11/h4-7,15,18H,3,8H2,1-2H3,(H,16,17). The van der Waals surface area contributed by atoms with E-state index in [1.807, 2.05) is 19.1 Å². The SMILES string of the molecule is CCNCc1n[nH]c(C)c1S(=O)(=O)Nc1ccc(I)cc1. The molecule has 0 amide bonds. The van der Waals surface area contributed by atoms with Gasteiger partial charge in [-0.3, -0.25) is 9.82 Å². The molecule has 0 aliphatic carbocycles. The Morgan fingerprint density at radius 3 is 2.57 bits per heavy atom. The van der Waals surface area contributed by atoms with Gasteiger partial charge in [0.2, 0.25) is 0 Å². The second-order valence-electron chi connectivity index (χ2n) is 4.52. The van der Waals surface area contributed by atoms with Gasteiger partial charge in [-0.2, -0.15) is 5.10 Å². The molecule has 6 nitrogen and oxygen atoms in total. The van der Waals surface area contributed by atoms with E-state index < -0.39 is 10.0 Å². The van der Waals surface area contributed by atoms with E-state index in [4.69, 9.17) is 0 Å². The molecule has 114 valence electrons. The third-order valence-electron chi connectivity index (χ3n) is 2.87. The van der Waals surface area contributed by atoms with Gasteiger partial charge in [-0.1, -0.05) is 6.92 Å². The van der Waals surface area contributed by atoms with Crippen molar-refractivity contribution >= 4 is 38.3 Å². The fourth-order valence-electron chi connectivity index (χ4n) is 1.91. The summed E-state index contributed by atoms with van der Waals surface area (Å²) in [6.45, 7) is 4.81. The van der Waals surface area contributed by atoms with Crippen LogP contribution in [-0.4, -0.2) is 25.2 Å². The van der Waals surface area contributed by atoms with Gasteiger partial charge in [0.15, 0.2) is 0 Å². The van der Waals surface area contributed by atoms with E-state index in [1.165, 1.54) is 0 Å². The van der Waals surface area contributed by atoms with Crippen LogP contribution in [0.2, 0.25) is 0 Å². The van der Waals surface area contributed by atoms with Crippen LogP contribution in [-0.2, 0) is 16.6 Å². The summed E-state index contributed by atoms with van der Waals surface area (Å²) in [6, 6.07) is 7.16. The van der Waals surface area contributed by atoms with Crippen LogP contribution in [0.15, 0.2) is 29.2 Å². The molecular weight excluding hydrogens is 403 g/mol. The molecule has 2 aromatic rings. The van der Waals surface area contributed by atoms with Gasteiger partial charge in [0, 0.05) is 15.8 Å². The van der Waals surface area contributed by atoms with Gasteiger partial charge in [-0.05, 0) is 60.3 Å². The second-order valence-corrected chi connectivity index (χ2v) is 7.38. The molecule has 1 heterocycles. The van der Waals surface area contributed by atoms with Crippen molar-refractivity contribution in [3.8, 4) is 0 Å². The number of hydrogen-bond acceptors (Lipinski definition) is 4. The first-order valence-electron chi connectivity index (χ1n) is 6.47. The number of H-pyrrole nitrogens is 1. The van der Waals surface area contributed by atoms with Crippen LogP contribution in [0.3, 0.4) is 0 Å². The Labute approximate surface area is 137 Å². The van der Waals surface area contributed by atoms with Crippen LogP contribution in [0.25, 0.3) is 0 Å². The van der Waals surface area contributed by atoms with E-state index in [0.717, 1.165) is 10.1 Å². The van der Waals surface area contributed by atoms with E-state index in [1.54, 1.807) is 19.1 Å². The van der Waals surface area contributed by atoms with Gasteiger partial charge >= 0.3 is 0 Å². The first-order valence-corrected chi connectivity index (χ1v) is 9.03.